The van der Waals surface area contributed by atoms with E-state index in [0.29, 0.717) is 5.95 Å². The maximum absolute atomic E-state index is 5.07. The van der Waals surface area contributed by atoms with Crippen molar-refractivity contribution in [3.05, 3.63) is 24.3 Å². The number of hydrogen-bond acceptors (Lipinski definition) is 6. The highest BCUT2D eigenvalue weighted by Gasteiger charge is 2.06. The first-order valence-electron chi connectivity index (χ1n) is 7.57. The third-order valence-corrected chi connectivity index (χ3v) is 3.23. The topological polar surface area (TPSA) is 68.3 Å². The molecule has 0 bridgehead atoms. The van der Waals surface area contributed by atoms with E-state index >= 15 is 0 Å². The molecular formula is C16H24N4O2. The molecule has 6 heteroatoms. The van der Waals surface area contributed by atoms with Gasteiger partial charge in [-0.2, -0.15) is 4.98 Å². The zero-order valence-corrected chi connectivity index (χ0v) is 13.3. The predicted molar refractivity (Wildman–Crippen MR) is 89.5 cm³/mol. The molecule has 1 heterocycles. The van der Waals surface area contributed by atoms with Crippen LogP contribution in [0.4, 0.5) is 11.8 Å². The quantitative estimate of drug-likeness (QED) is 0.657. The van der Waals surface area contributed by atoms with E-state index in [0.717, 1.165) is 55.9 Å². The molecule has 0 saturated carbocycles. The Balaban J connectivity index is 2.09. The van der Waals surface area contributed by atoms with E-state index in [9.17, 15) is 0 Å². The molecule has 0 spiro atoms. The van der Waals surface area contributed by atoms with Crippen molar-refractivity contribution in [1.29, 1.82) is 0 Å². The van der Waals surface area contributed by atoms with Crippen LogP contribution in [0.25, 0.3) is 10.9 Å². The summed E-state index contributed by atoms with van der Waals surface area (Å²) in [6, 6.07) is 8.01. The van der Waals surface area contributed by atoms with Gasteiger partial charge in [-0.15, -0.1) is 0 Å². The number of nitrogens with zero attached hydrogens (tertiary/aromatic N) is 2. The molecule has 0 unspecified atom stereocenters. The lowest BCUT2D eigenvalue weighted by molar-refractivity contribution is 0.197. The van der Waals surface area contributed by atoms with Crippen molar-refractivity contribution in [3.63, 3.8) is 0 Å². The summed E-state index contributed by atoms with van der Waals surface area (Å²) in [5.41, 5.74) is 0.931. The average Bonchev–Trinajstić information content (AvgIpc) is 2.55. The van der Waals surface area contributed by atoms with Gasteiger partial charge in [0.05, 0.1) is 5.52 Å². The van der Waals surface area contributed by atoms with Crippen LogP contribution in [0.1, 0.15) is 12.8 Å². The van der Waals surface area contributed by atoms with Gasteiger partial charge in [-0.25, -0.2) is 4.98 Å². The number of anilines is 2. The molecule has 2 N–H and O–H groups in total. The number of methoxy groups -OCH3 is 2. The highest BCUT2D eigenvalue weighted by Crippen LogP contribution is 2.21. The number of hydrogen-bond donors (Lipinski definition) is 2. The van der Waals surface area contributed by atoms with E-state index in [1.165, 1.54) is 0 Å². The van der Waals surface area contributed by atoms with Crippen LogP contribution in [0.3, 0.4) is 0 Å². The molecule has 1 aromatic heterocycles. The monoisotopic (exact) mass is 304 g/mol. The van der Waals surface area contributed by atoms with Gasteiger partial charge >= 0.3 is 0 Å². The molecule has 2 rings (SSSR count). The standard InChI is InChI=1S/C16H24N4O2/c1-21-11-5-9-17-15-13-7-3-4-8-14(13)19-16(20-15)18-10-6-12-22-2/h3-4,7-8H,5-6,9-12H2,1-2H3,(H2,17,18,19,20). The summed E-state index contributed by atoms with van der Waals surface area (Å²) in [5, 5.41) is 7.65. The van der Waals surface area contributed by atoms with Crippen molar-refractivity contribution in [2.24, 2.45) is 0 Å². The van der Waals surface area contributed by atoms with Crippen LogP contribution in [0, 0.1) is 0 Å². The van der Waals surface area contributed by atoms with E-state index in [4.69, 9.17) is 9.47 Å². The highest BCUT2D eigenvalue weighted by atomic mass is 16.5. The van der Waals surface area contributed by atoms with Crippen LogP contribution < -0.4 is 10.6 Å². The van der Waals surface area contributed by atoms with Gasteiger partial charge in [-0.3, -0.25) is 0 Å². The number of fused-ring (bicyclic) bond motifs is 1. The van der Waals surface area contributed by atoms with Crippen LogP contribution in [-0.4, -0.2) is 50.5 Å². The summed E-state index contributed by atoms with van der Waals surface area (Å²) < 4.78 is 10.1. The predicted octanol–water partition coefficient (Wildman–Crippen LogP) is 2.53. The van der Waals surface area contributed by atoms with Gasteiger partial charge in [0.25, 0.3) is 0 Å². The van der Waals surface area contributed by atoms with Gasteiger partial charge < -0.3 is 20.1 Å². The second-order valence-electron chi connectivity index (χ2n) is 4.96. The molecule has 22 heavy (non-hydrogen) atoms. The van der Waals surface area contributed by atoms with Crippen LogP contribution in [0.15, 0.2) is 24.3 Å². The summed E-state index contributed by atoms with van der Waals surface area (Å²) in [6.07, 6.45) is 1.86. The number of ether oxygens (including phenoxy) is 2. The third kappa shape index (κ3) is 4.82. The van der Waals surface area contributed by atoms with Gasteiger partial charge in [0.2, 0.25) is 5.95 Å². The second kappa shape index (κ2) is 9.17. The van der Waals surface area contributed by atoms with E-state index in [2.05, 4.69) is 20.6 Å². The Labute approximate surface area is 131 Å². The first kappa shape index (κ1) is 16.5. The Bertz CT molecular complexity index is 577. The molecule has 0 fully saturated rings. The number of nitrogens with one attached hydrogen (secondary N) is 2. The molecule has 2 aromatic rings. The lowest BCUT2D eigenvalue weighted by Crippen LogP contribution is -2.11. The zero-order chi connectivity index (χ0) is 15.6. The first-order valence-corrected chi connectivity index (χ1v) is 7.57. The minimum absolute atomic E-state index is 0.643. The maximum Gasteiger partial charge on any atom is 0.225 e. The average molecular weight is 304 g/mol. The van der Waals surface area contributed by atoms with Crippen LogP contribution >= 0.6 is 0 Å². The van der Waals surface area contributed by atoms with Crippen molar-refractivity contribution in [3.8, 4) is 0 Å². The molecule has 0 saturated heterocycles. The van der Waals surface area contributed by atoms with Crippen LogP contribution in [0.2, 0.25) is 0 Å². The van der Waals surface area contributed by atoms with Crippen molar-refractivity contribution < 1.29 is 9.47 Å². The molecule has 0 amide bonds. The smallest absolute Gasteiger partial charge is 0.225 e. The molecule has 1 aromatic carbocycles. The van der Waals surface area contributed by atoms with Gasteiger partial charge in [0, 0.05) is 45.9 Å². The van der Waals surface area contributed by atoms with E-state index in [-0.39, 0.29) is 0 Å². The molecule has 0 aliphatic carbocycles. The van der Waals surface area contributed by atoms with E-state index in [1.807, 2.05) is 24.3 Å². The third-order valence-electron chi connectivity index (χ3n) is 3.23. The summed E-state index contributed by atoms with van der Waals surface area (Å²) >= 11 is 0. The van der Waals surface area contributed by atoms with E-state index < -0.39 is 0 Å². The van der Waals surface area contributed by atoms with Crippen molar-refractivity contribution in [2.75, 3.05) is 51.2 Å². The minimum atomic E-state index is 0.643. The lowest BCUT2D eigenvalue weighted by Gasteiger charge is -2.11. The summed E-state index contributed by atoms with van der Waals surface area (Å²) in [7, 11) is 3.41. The Morgan fingerprint density at radius 2 is 1.59 bits per heavy atom. The van der Waals surface area contributed by atoms with Crippen molar-refractivity contribution >= 4 is 22.7 Å². The SMILES string of the molecule is COCCCNc1nc(NCCCOC)c2ccccc2n1. The Kier molecular flexibility index (Phi) is 6.86. The van der Waals surface area contributed by atoms with Gasteiger partial charge in [-0.1, -0.05) is 12.1 Å². The van der Waals surface area contributed by atoms with Gasteiger partial charge in [0.15, 0.2) is 0 Å². The Morgan fingerprint density at radius 3 is 2.32 bits per heavy atom. The fourth-order valence-corrected chi connectivity index (χ4v) is 2.13. The van der Waals surface area contributed by atoms with Gasteiger partial charge in [-0.05, 0) is 25.0 Å². The Hall–Kier alpha value is -1.92. The lowest BCUT2D eigenvalue weighted by atomic mass is 10.2. The Morgan fingerprint density at radius 1 is 0.909 bits per heavy atom. The first-order chi connectivity index (χ1) is 10.8. The largest absolute Gasteiger partial charge is 0.385 e. The normalized spacial score (nSPS) is 10.8. The van der Waals surface area contributed by atoms with Crippen LogP contribution in [-0.2, 0) is 9.47 Å². The molecular weight excluding hydrogens is 280 g/mol. The van der Waals surface area contributed by atoms with Gasteiger partial charge in [0.1, 0.15) is 5.82 Å². The summed E-state index contributed by atoms with van der Waals surface area (Å²) in [4.78, 5) is 9.13. The molecule has 6 nitrogen and oxygen atoms in total. The van der Waals surface area contributed by atoms with Crippen molar-refractivity contribution in [1.82, 2.24) is 9.97 Å². The van der Waals surface area contributed by atoms with E-state index in [1.54, 1.807) is 14.2 Å². The number of benzene rings is 1. The number of aromatic nitrogens is 2. The molecule has 0 radical (unpaired) electrons. The zero-order valence-electron chi connectivity index (χ0n) is 13.3. The summed E-state index contributed by atoms with van der Waals surface area (Å²) in [6.45, 7) is 3.06. The maximum atomic E-state index is 5.07. The molecule has 0 aliphatic rings. The molecule has 120 valence electrons. The molecule has 0 aliphatic heterocycles. The number of para-hydroxylation sites is 1. The van der Waals surface area contributed by atoms with Crippen LogP contribution in [0.5, 0.6) is 0 Å². The number of rotatable bonds is 10. The molecule has 0 atom stereocenters. The fourth-order valence-electron chi connectivity index (χ4n) is 2.13. The minimum Gasteiger partial charge on any atom is -0.385 e. The fraction of sp³-hybridized carbons (Fsp3) is 0.500. The second-order valence-corrected chi connectivity index (χ2v) is 4.96. The van der Waals surface area contributed by atoms with Crippen molar-refractivity contribution in [2.45, 2.75) is 12.8 Å². The highest BCUT2D eigenvalue weighted by molar-refractivity contribution is 5.89. The summed E-state index contributed by atoms with van der Waals surface area (Å²) in [5.74, 6) is 1.50.